The van der Waals surface area contributed by atoms with Crippen LogP contribution in [0.2, 0.25) is 10.0 Å². The molecule has 0 radical (unpaired) electrons. The minimum atomic E-state index is 0.654. The first-order valence-electron chi connectivity index (χ1n) is 5.50. The van der Waals surface area contributed by atoms with Crippen LogP contribution in [0.25, 0.3) is 0 Å². The third-order valence-corrected chi connectivity index (χ3v) is 4.11. The minimum absolute atomic E-state index is 0.654. The van der Waals surface area contributed by atoms with Crippen LogP contribution in [0.5, 0.6) is 0 Å². The molecule has 1 N–H and O–H groups in total. The van der Waals surface area contributed by atoms with E-state index in [1.807, 2.05) is 18.2 Å². The number of rotatable bonds is 3. The molecule has 2 aromatic rings. The largest absolute Gasteiger partial charge is 0.381 e. The van der Waals surface area contributed by atoms with Gasteiger partial charge in [-0.2, -0.15) is 0 Å². The summed E-state index contributed by atoms with van der Waals surface area (Å²) in [6.45, 7) is 2.73. The lowest BCUT2D eigenvalue weighted by atomic mass is 10.2. The van der Waals surface area contributed by atoms with E-state index in [1.165, 1.54) is 5.56 Å². The average molecular weight is 345 g/mol. The zero-order valence-electron chi connectivity index (χ0n) is 9.81. The highest BCUT2D eigenvalue weighted by atomic mass is 79.9. The standard InChI is InChI=1S/C14H12BrCl2N/c1-9-2-5-12(7-13(9)15)18-8-10-3-4-11(16)6-14(10)17/h2-7,18H,8H2,1H3. The van der Waals surface area contributed by atoms with Crippen molar-refractivity contribution in [3.05, 3.63) is 62.0 Å². The highest BCUT2D eigenvalue weighted by Gasteiger charge is 2.02. The molecule has 0 amide bonds. The maximum Gasteiger partial charge on any atom is 0.0470 e. The zero-order valence-corrected chi connectivity index (χ0v) is 12.9. The van der Waals surface area contributed by atoms with Gasteiger partial charge in [0, 0.05) is 26.8 Å². The lowest BCUT2D eigenvalue weighted by molar-refractivity contribution is 1.15. The third kappa shape index (κ3) is 3.41. The fraction of sp³-hybridized carbons (Fsp3) is 0.143. The predicted octanol–water partition coefficient (Wildman–Crippen LogP) is 5.68. The van der Waals surface area contributed by atoms with E-state index in [9.17, 15) is 0 Å². The van der Waals surface area contributed by atoms with Crippen LogP contribution in [0.15, 0.2) is 40.9 Å². The number of benzene rings is 2. The molecule has 4 heteroatoms. The van der Waals surface area contributed by atoms with Crippen LogP contribution in [-0.2, 0) is 6.54 Å². The Morgan fingerprint density at radius 3 is 2.56 bits per heavy atom. The van der Waals surface area contributed by atoms with Crippen LogP contribution in [0.1, 0.15) is 11.1 Å². The summed E-state index contributed by atoms with van der Waals surface area (Å²) < 4.78 is 1.09. The summed E-state index contributed by atoms with van der Waals surface area (Å²) in [6.07, 6.45) is 0. The Kier molecular flexibility index (Phi) is 4.55. The maximum absolute atomic E-state index is 6.12. The summed E-state index contributed by atoms with van der Waals surface area (Å²) in [4.78, 5) is 0. The number of hydrogen-bond donors (Lipinski definition) is 1. The second-order valence-electron chi connectivity index (χ2n) is 4.05. The van der Waals surface area contributed by atoms with Crippen molar-refractivity contribution in [3.63, 3.8) is 0 Å². The van der Waals surface area contributed by atoms with Crippen molar-refractivity contribution in [3.8, 4) is 0 Å². The molecule has 0 bridgehead atoms. The maximum atomic E-state index is 6.12. The second-order valence-corrected chi connectivity index (χ2v) is 5.75. The van der Waals surface area contributed by atoms with Crippen molar-refractivity contribution in [2.24, 2.45) is 0 Å². The molecule has 2 rings (SSSR count). The average Bonchev–Trinajstić information content (AvgIpc) is 2.32. The number of aryl methyl sites for hydroxylation is 1. The van der Waals surface area contributed by atoms with Gasteiger partial charge in [-0.05, 0) is 42.3 Å². The van der Waals surface area contributed by atoms with Gasteiger partial charge < -0.3 is 5.32 Å². The van der Waals surface area contributed by atoms with E-state index < -0.39 is 0 Å². The van der Waals surface area contributed by atoms with Gasteiger partial charge in [0.2, 0.25) is 0 Å². The van der Waals surface area contributed by atoms with Crippen molar-refractivity contribution in [2.75, 3.05) is 5.32 Å². The number of halogens is 3. The van der Waals surface area contributed by atoms with E-state index in [-0.39, 0.29) is 0 Å². The SMILES string of the molecule is Cc1ccc(NCc2ccc(Cl)cc2Cl)cc1Br. The molecule has 0 saturated carbocycles. The molecule has 0 heterocycles. The molecule has 0 aliphatic heterocycles. The number of hydrogen-bond acceptors (Lipinski definition) is 1. The first kappa shape index (κ1) is 13.7. The van der Waals surface area contributed by atoms with Crippen LogP contribution < -0.4 is 5.32 Å². The van der Waals surface area contributed by atoms with Crippen LogP contribution in [0.4, 0.5) is 5.69 Å². The van der Waals surface area contributed by atoms with E-state index >= 15 is 0 Å². The van der Waals surface area contributed by atoms with Crippen molar-refractivity contribution in [1.82, 2.24) is 0 Å². The lowest BCUT2D eigenvalue weighted by Gasteiger charge is -2.09. The van der Waals surface area contributed by atoms with Gasteiger partial charge in [0.05, 0.1) is 0 Å². The van der Waals surface area contributed by atoms with Crippen LogP contribution in [0, 0.1) is 6.92 Å². The molecule has 94 valence electrons. The molecule has 0 atom stereocenters. The van der Waals surface area contributed by atoms with Gasteiger partial charge in [0.25, 0.3) is 0 Å². The molecular weight excluding hydrogens is 333 g/mol. The highest BCUT2D eigenvalue weighted by molar-refractivity contribution is 9.10. The summed E-state index contributed by atoms with van der Waals surface area (Å²) in [5.41, 5.74) is 3.29. The molecule has 1 nitrogen and oxygen atoms in total. The summed E-state index contributed by atoms with van der Waals surface area (Å²) in [5, 5.41) is 4.67. The third-order valence-electron chi connectivity index (χ3n) is 2.67. The van der Waals surface area contributed by atoms with Crippen LogP contribution >= 0.6 is 39.1 Å². The van der Waals surface area contributed by atoms with Crippen molar-refractivity contribution >= 4 is 44.8 Å². The van der Waals surface area contributed by atoms with E-state index in [0.717, 1.165) is 15.7 Å². The molecular formula is C14H12BrCl2N. The second kappa shape index (κ2) is 5.96. The number of nitrogens with one attached hydrogen (secondary N) is 1. The van der Waals surface area contributed by atoms with E-state index in [2.05, 4.69) is 40.3 Å². The van der Waals surface area contributed by atoms with Gasteiger partial charge in [-0.15, -0.1) is 0 Å². The molecule has 0 unspecified atom stereocenters. The predicted molar refractivity (Wildman–Crippen MR) is 82.7 cm³/mol. The Bertz CT molecular complexity index is 570. The molecule has 0 aliphatic carbocycles. The van der Waals surface area contributed by atoms with Crippen LogP contribution in [0.3, 0.4) is 0 Å². The van der Waals surface area contributed by atoms with Crippen molar-refractivity contribution in [1.29, 1.82) is 0 Å². The first-order chi connectivity index (χ1) is 8.56. The Hall–Kier alpha value is -0.700. The monoisotopic (exact) mass is 343 g/mol. The van der Waals surface area contributed by atoms with Gasteiger partial charge in [0.1, 0.15) is 0 Å². The molecule has 0 aliphatic rings. The molecule has 2 aromatic carbocycles. The first-order valence-corrected chi connectivity index (χ1v) is 7.05. The Balaban J connectivity index is 2.09. The smallest absolute Gasteiger partial charge is 0.0470 e. The van der Waals surface area contributed by atoms with Crippen LogP contribution in [-0.4, -0.2) is 0 Å². The number of anilines is 1. The summed E-state index contributed by atoms with van der Waals surface area (Å²) in [5.74, 6) is 0. The zero-order chi connectivity index (χ0) is 13.1. The lowest BCUT2D eigenvalue weighted by Crippen LogP contribution is -2.00. The Labute approximate surface area is 125 Å². The minimum Gasteiger partial charge on any atom is -0.381 e. The normalized spacial score (nSPS) is 10.4. The van der Waals surface area contributed by atoms with Gasteiger partial charge in [-0.3, -0.25) is 0 Å². The fourth-order valence-corrected chi connectivity index (χ4v) is 2.42. The van der Waals surface area contributed by atoms with E-state index in [4.69, 9.17) is 23.2 Å². The fourth-order valence-electron chi connectivity index (χ4n) is 1.57. The van der Waals surface area contributed by atoms with Crippen molar-refractivity contribution in [2.45, 2.75) is 13.5 Å². The Morgan fingerprint density at radius 1 is 1.11 bits per heavy atom. The van der Waals surface area contributed by atoms with E-state index in [1.54, 1.807) is 6.07 Å². The van der Waals surface area contributed by atoms with Gasteiger partial charge in [0.15, 0.2) is 0 Å². The molecule has 0 saturated heterocycles. The molecule has 18 heavy (non-hydrogen) atoms. The molecule has 0 spiro atoms. The topological polar surface area (TPSA) is 12.0 Å². The quantitative estimate of drug-likeness (QED) is 0.755. The summed E-state index contributed by atoms with van der Waals surface area (Å²) in [7, 11) is 0. The van der Waals surface area contributed by atoms with Gasteiger partial charge in [-0.25, -0.2) is 0 Å². The summed E-state index contributed by atoms with van der Waals surface area (Å²) in [6, 6.07) is 11.7. The van der Waals surface area contributed by atoms with Gasteiger partial charge in [-0.1, -0.05) is 51.3 Å². The molecule has 0 fully saturated rings. The van der Waals surface area contributed by atoms with E-state index in [0.29, 0.717) is 16.6 Å². The van der Waals surface area contributed by atoms with Crippen molar-refractivity contribution < 1.29 is 0 Å². The Morgan fingerprint density at radius 2 is 1.89 bits per heavy atom. The van der Waals surface area contributed by atoms with Gasteiger partial charge >= 0.3 is 0 Å². The highest BCUT2D eigenvalue weighted by Crippen LogP contribution is 2.24. The summed E-state index contributed by atoms with van der Waals surface area (Å²) >= 11 is 15.5. The molecule has 0 aromatic heterocycles.